The molecule has 0 saturated heterocycles. The fourth-order valence-electron chi connectivity index (χ4n) is 3.22. The van der Waals surface area contributed by atoms with Crippen molar-refractivity contribution < 1.29 is 0 Å². The number of aromatic nitrogens is 3. The smallest absolute Gasteiger partial charge is 0.271 e. The van der Waals surface area contributed by atoms with E-state index in [1.807, 2.05) is 17.7 Å². The van der Waals surface area contributed by atoms with Gasteiger partial charge in [0.25, 0.3) is 5.56 Å². The molecule has 0 aromatic carbocycles. The van der Waals surface area contributed by atoms with E-state index >= 15 is 0 Å². The Balaban J connectivity index is 2.02. The molecule has 0 atom stereocenters. The van der Waals surface area contributed by atoms with E-state index in [0.29, 0.717) is 6.04 Å². The van der Waals surface area contributed by atoms with Crippen molar-refractivity contribution in [1.82, 2.24) is 14.5 Å². The summed E-state index contributed by atoms with van der Waals surface area (Å²) in [5.41, 5.74) is 1.82. The second-order valence-electron chi connectivity index (χ2n) is 5.46. The quantitative estimate of drug-likeness (QED) is 0.789. The SMILES string of the molecule is CNc1ccnc2sc3c(=O)n(C4CCCC4)cnc3c12. The van der Waals surface area contributed by atoms with Crippen molar-refractivity contribution >= 4 is 37.5 Å². The molecule has 6 heteroatoms. The van der Waals surface area contributed by atoms with Crippen LogP contribution in [0.15, 0.2) is 23.4 Å². The lowest BCUT2D eigenvalue weighted by atomic mass is 10.2. The Bertz CT molecular complexity index is 876. The van der Waals surface area contributed by atoms with Gasteiger partial charge < -0.3 is 5.32 Å². The molecule has 1 fully saturated rings. The van der Waals surface area contributed by atoms with E-state index in [1.165, 1.54) is 24.2 Å². The van der Waals surface area contributed by atoms with Crippen molar-refractivity contribution in [3.63, 3.8) is 0 Å². The van der Waals surface area contributed by atoms with Gasteiger partial charge in [-0.15, -0.1) is 11.3 Å². The molecule has 3 heterocycles. The minimum absolute atomic E-state index is 0.0805. The summed E-state index contributed by atoms with van der Waals surface area (Å²) >= 11 is 1.44. The predicted octanol–water partition coefficient (Wildman–Crippen LogP) is 3.16. The lowest BCUT2D eigenvalue weighted by molar-refractivity contribution is 0.499. The van der Waals surface area contributed by atoms with E-state index in [1.54, 1.807) is 12.5 Å². The first-order chi connectivity index (χ1) is 10.3. The molecule has 3 aromatic heterocycles. The summed E-state index contributed by atoms with van der Waals surface area (Å²) in [4.78, 5) is 22.6. The first kappa shape index (κ1) is 12.8. The van der Waals surface area contributed by atoms with Gasteiger partial charge in [-0.1, -0.05) is 12.8 Å². The van der Waals surface area contributed by atoms with E-state index < -0.39 is 0 Å². The van der Waals surface area contributed by atoms with E-state index in [-0.39, 0.29) is 5.56 Å². The summed E-state index contributed by atoms with van der Waals surface area (Å²) in [6, 6.07) is 2.23. The number of rotatable bonds is 2. The molecule has 0 spiro atoms. The maximum absolute atomic E-state index is 12.8. The molecule has 1 saturated carbocycles. The van der Waals surface area contributed by atoms with Crippen LogP contribution in [0.25, 0.3) is 20.4 Å². The Labute approximate surface area is 125 Å². The van der Waals surface area contributed by atoms with Crippen LogP contribution in [0.1, 0.15) is 31.7 Å². The zero-order valence-corrected chi connectivity index (χ0v) is 12.6. The third-order valence-electron chi connectivity index (χ3n) is 4.29. The Morgan fingerprint density at radius 1 is 1.33 bits per heavy atom. The highest BCUT2D eigenvalue weighted by molar-refractivity contribution is 7.25. The molecule has 0 bridgehead atoms. The standard InChI is InChI=1S/C15H16N4OS/c1-16-10-6-7-17-14-11(10)12-13(21-14)15(20)19(8-18-12)9-4-2-3-5-9/h6-9H,2-5H2,1H3,(H,16,17). The van der Waals surface area contributed by atoms with Gasteiger partial charge >= 0.3 is 0 Å². The maximum Gasteiger partial charge on any atom is 0.271 e. The average Bonchev–Trinajstić information content (AvgIpc) is 3.14. The fraction of sp³-hybridized carbons (Fsp3) is 0.400. The number of fused-ring (bicyclic) bond motifs is 3. The second-order valence-corrected chi connectivity index (χ2v) is 6.46. The van der Waals surface area contributed by atoms with Crippen LogP contribution < -0.4 is 10.9 Å². The largest absolute Gasteiger partial charge is 0.387 e. The summed E-state index contributed by atoms with van der Waals surface area (Å²) in [6.07, 6.45) is 8.05. The molecule has 3 aromatic rings. The third kappa shape index (κ3) is 1.86. The first-order valence-corrected chi connectivity index (χ1v) is 8.07. The van der Waals surface area contributed by atoms with Gasteiger partial charge in [-0.05, 0) is 18.9 Å². The van der Waals surface area contributed by atoms with Crippen LogP contribution in [0.3, 0.4) is 0 Å². The minimum atomic E-state index is 0.0805. The molecule has 1 N–H and O–H groups in total. The highest BCUT2D eigenvalue weighted by Crippen LogP contribution is 2.35. The van der Waals surface area contributed by atoms with E-state index in [2.05, 4.69) is 15.3 Å². The van der Waals surface area contributed by atoms with Crippen molar-refractivity contribution in [2.45, 2.75) is 31.7 Å². The Morgan fingerprint density at radius 3 is 2.90 bits per heavy atom. The summed E-state index contributed by atoms with van der Waals surface area (Å²) < 4.78 is 2.54. The molecule has 4 rings (SSSR count). The van der Waals surface area contributed by atoms with Gasteiger partial charge in [0.15, 0.2) is 0 Å². The second kappa shape index (κ2) is 4.80. The molecule has 21 heavy (non-hydrogen) atoms. The van der Waals surface area contributed by atoms with Crippen molar-refractivity contribution in [3.8, 4) is 0 Å². The van der Waals surface area contributed by atoms with E-state index in [4.69, 9.17) is 0 Å². The normalized spacial score (nSPS) is 16.0. The van der Waals surface area contributed by atoms with Crippen LogP contribution in [0, 0.1) is 0 Å². The topological polar surface area (TPSA) is 59.8 Å². The number of anilines is 1. The van der Waals surface area contributed by atoms with Gasteiger partial charge in [0.1, 0.15) is 9.53 Å². The van der Waals surface area contributed by atoms with Gasteiger partial charge in [-0.3, -0.25) is 9.36 Å². The van der Waals surface area contributed by atoms with E-state index in [0.717, 1.165) is 39.0 Å². The van der Waals surface area contributed by atoms with E-state index in [9.17, 15) is 4.79 Å². The van der Waals surface area contributed by atoms with Crippen LogP contribution in [0.4, 0.5) is 5.69 Å². The van der Waals surface area contributed by atoms with Crippen LogP contribution >= 0.6 is 11.3 Å². The van der Waals surface area contributed by atoms with Crippen molar-refractivity contribution in [1.29, 1.82) is 0 Å². The summed E-state index contributed by atoms with van der Waals surface area (Å²) in [5, 5.41) is 4.11. The Morgan fingerprint density at radius 2 is 2.14 bits per heavy atom. The third-order valence-corrected chi connectivity index (χ3v) is 5.37. The Kier molecular flexibility index (Phi) is 2.92. The number of pyridine rings is 1. The van der Waals surface area contributed by atoms with Crippen molar-refractivity contribution in [2.75, 3.05) is 12.4 Å². The molecule has 1 aliphatic carbocycles. The molecular weight excluding hydrogens is 284 g/mol. The number of nitrogens with one attached hydrogen (secondary N) is 1. The van der Waals surface area contributed by atoms with Crippen LogP contribution in [-0.2, 0) is 0 Å². The summed E-state index contributed by atoms with van der Waals surface area (Å²) in [5.74, 6) is 0. The molecule has 1 aliphatic rings. The summed E-state index contributed by atoms with van der Waals surface area (Å²) in [7, 11) is 1.87. The fourth-order valence-corrected chi connectivity index (χ4v) is 4.28. The zero-order chi connectivity index (χ0) is 14.4. The van der Waals surface area contributed by atoms with Gasteiger partial charge in [0, 0.05) is 25.0 Å². The van der Waals surface area contributed by atoms with Gasteiger partial charge in [0.05, 0.1) is 17.2 Å². The molecule has 0 amide bonds. The molecule has 0 aliphatic heterocycles. The molecule has 0 unspecified atom stereocenters. The lowest BCUT2D eigenvalue weighted by Crippen LogP contribution is -2.22. The van der Waals surface area contributed by atoms with Crippen molar-refractivity contribution in [2.24, 2.45) is 0 Å². The number of nitrogens with zero attached hydrogens (tertiary/aromatic N) is 3. The first-order valence-electron chi connectivity index (χ1n) is 7.25. The van der Waals surface area contributed by atoms with Crippen LogP contribution in [-0.4, -0.2) is 21.6 Å². The van der Waals surface area contributed by atoms with Gasteiger partial charge in [-0.2, -0.15) is 0 Å². The molecule has 108 valence electrons. The predicted molar refractivity (Wildman–Crippen MR) is 86.2 cm³/mol. The van der Waals surface area contributed by atoms with Crippen LogP contribution in [0.5, 0.6) is 0 Å². The highest BCUT2D eigenvalue weighted by atomic mass is 32.1. The van der Waals surface area contributed by atoms with Gasteiger partial charge in [0.2, 0.25) is 0 Å². The lowest BCUT2D eigenvalue weighted by Gasteiger charge is -2.12. The zero-order valence-electron chi connectivity index (χ0n) is 11.8. The van der Waals surface area contributed by atoms with Crippen molar-refractivity contribution in [3.05, 3.63) is 28.9 Å². The number of hydrogen-bond acceptors (Lipinski definition) is 5. The highest BCUT2D eigenvalue weighted by Gasteiger charge is 2.21. The number of hydrogen-bond donors (Lipinski definition) is 1. The molecule has 5 nitrogen and oxygen atoms in total. The number of thiophene rings is 1. The average molecular weight is 300 g/mol. The Hall–Kier alpha value is -1.95. The monoisotopic (exact) mass is 300 g/mol. The minimum Gasteiger partial charge on any atom is -0.387 e. The molecular formula is C15H16N4OS. The molecule has 0 radical (unpaired) electrons. The van der Waals surface area contributed by atoms with Gasteiger partial charge in [-0.25, -0.2) is 9.97 Å². The maximum atomic E-state index is 12.8. The van der Waals surface area contributed by atoms with Crippen LogP contribution in [0.2, 0.25) is 0 Å². The summed E-state index contributed by atoms with van der Waals surface area (Å²) in [6.45, 7) is 0.